The minimum absolute atomic E-state index is 0.0405. The summed E-state index contributed by atoms with van der Waals surface area (Å²) in [5, 5.41) is 26.6. The molecule has 3 amide bonds. The van der Waals surface area contributed by atoms with Crippen molar-refractivity contribution in [3.05, 3.63) is 95.8 Å². The van der Waals surface area contributed by atoms with Gasteiger partial charge in [-0.3, -0.25) is 14.4 Å². The largest absolute Gasteiger partial charge is 0.454 e. The third-order valence-corrected chi connectivity index (χ3v) is 7.16. The summed E-state index contributed by atoms with van der Waals surface area (Å²) < 4.78 is 20.3. The lowest BCUT2D eigenvalue weighted by Crippen LogP contribution is -2.60. The van der Waals surface area contributed by atoms with E-state index in [9.17, 15) is 29.0 Å². The summed E-state index contributed by atoms with van der Waals surface area (Å²) in [5.41, 5.74) is 5.89. The van der Waals surface area contributed by atoms with Gasteiger partial charge in [-0.05, 0) is 67.0 Å². The molecule has 0 saturated carbocycles. The maximum Gasteiger partial charge on any atom is 0.278 e. The fourth-order valence-corrected chi connectivity index (χ4v) is 4.64. The summed E-state index contributed by atoms with van der Waals surface area (Å²) >= 11 is 0. The number of primary amides is 1. The zero-order valence-electron chi connectivity index (χ0n) is 24.8. The number of para-hydroxylation sites is 1. The Morgan fingerprint density at radius 3 is 2.07 bits per heavy atom. The van der Waals surface area contributed by atoms with Crippen LogP contribution in [0.25, 0.3) is 0 Å². The summed E-state index contributed by atoms with van der Waals surface area (Å²) in [4.78, 5) is 38.7. The Bertz CT molecular complexity index is 1390. The van der Waals surface area contributed by atoms with Crippen molar-refractivity contribution in [2.45, 2.75) is 64.8 Å². The van der Waals surface area contributed by atoms with Crippen molar-refractivity contribution in [3.63, 3.8) is 0 Å². The molecule has 0 radical (unpaired) electrons. The van der Waals surface area contributed by atoms with Crippen molar-refractivity contribution in [2.75, 3.05) is 0 Å². The number of rotatable bonds is 13. The van der Waals surface area contributed by atoms with E-state index < -0.39 is 46.7 Å². The van der Waals surface area contributed by atoms with E-state index in [4.69, 9.17) is 10.5 Å². The third kappa shape index (κ3) is 9.10. The molecule has 0 aliphatic heterocycles. The molecule has 6 N–H and O–H groups in total. The molecule has 3 rings (SSSR count). The van der Waals surface area contributed by atoms with E-state index in [1.807, 2.05) is 36.4 Å². The smallest absolute Gasteiger partial charge is 0.278 e. The molecule has 9 nitrogen and oxygen atoms in total. The van der Waals surface area contributed by atoms with Crippen LogP contribution in [-0.4, -0.2) is 39.8 Å². The van der Waals surface area contributed by atoms with Crippen LogP contribution >= 0.6 is 0 Å². The SMILES string of the molecule is C[C@@H](NC(=O)[C@@H](NC(=O)[C@H](CCCc1ccc(Oc2ccccc2)c(F)c1)C(O)(O)C(N)=O)C(C)(C)C)c1ccccc1. The molecule has 10 heteroatoms. The fraction of sp³-hybridized carbons (Fsp3) is 0.364. The Kier molecular flexibility index (Phi) is 11.0. The molecule has 3 aromatic rings. The highest BCUT2D eigenvalue weighted by Gasteiger charge is 2.46. The summed E-state index contributed by atoms with van der Waals surface area (Å²) in [7, 11) is 0. The lowest BCUT2D eigenvalue weighted by Gasteiger charge is -2.34. The molecule has 3 atom stereocenters. The predicted molar refractivity (Wildman–Crippen MR) is 160 cm³/mol. The molecule has 0 aliphatic rings. The first-order valence-electron chi connectivity index (χ1n) is 14.1. The maximum absolute atomic E-state index is 14.7. The molecule has 0 fully saturated rings. The minimum atomic E-state index is -3.18. The van der Waals surface area contributed by atoms with Gasteiger partial charge in [0.05, 0.1) is 6.04 Å². The van der Waals surface area contributed by atoms with Crippen LogP contribution in [0.1, 0.15) is 57.7 Å². The second-order valence-corrected chi connectivity index (χ2v) is 11.7. The van der Waals surface area contributed by atoms with Crippen molar-refractivity contribution in [1.29, 1.82) is 0 Å². The van der Waals surface area contributed by atoms with Gasteiger partial charge in [0.25, 0.3) is 11.7 Å². The van der Waals surface area contributed by atoms with Gasteiger partial charge in [-0.2, -0.15) is 0 Å². The Hall–Kier alpha value is -4.28. The van der Waals surface area contributed by atoms with Crippen LogP contribution in [0.3, 0.4) is 0 Å². The number of hydrogen-bond donors (Lipinski definition) is 5. The van der Waals surface area contributed by atoms with Crippen LogP contribution in [0.5, 0.6) is 11.5 Å². The van der Waals surface area contributed by atoms with Gasteiger partial charge < -0.3 is 31.3 Å². The Morgan fingerprint density at radius 2 is 1.51 bits per heavy atom. The second kappa shape index (κ2) is 14.3. The first-order valence-corrected chi connectivity index (χ1v) is 14.1. The van der Waals surface area contributed by atoms with Gasteiger partial charge in [-0.25, -0.2) is 4.39 Å². The van der Waals surface area contributed by atoms with Crippen LogP contribution in [0.15, 0.2) is 78.9 Å². The van der Waals surface area contributed by atoms with Gasteiger partial charge in [0.2, 0.25) is 11.8 Å². The average molecular weight is 594 g/mol. The normalized spacial score (nSPS) is 13.8. The van der Waals surface area contributed by atoms with Gasteiger partial charge in [-0.15, -0.1) is 0 Å². The molecule has 0 saturated heterocycles. The molecule has 0 aliphatic carbocycles. The summed E-state index contributed by atoms with van der Waals surface area (Å²) in [6.45, 7) is 7.05. The summed E-state index contributed by atoms with van der Waals surface area (Å²) in [5.74, 6) is -7.86. The zero-order chi connectivity index (χ0) is 31.8. The van der Waals surface area contributed by atoms with E-state index in [2.05, 4.69) is 10.6 Å². The fourth-order valence-electron chi connectivity index (χ4n) is 4.64. The summed E-state index contributed by atoms with van der Waals surface area (Å²) in [6, 6.07) is 21.0. The Balaban J connectivity index is 1.71. The van der Waals surface area contributed by atoms with E-state index in [1.165, 1.54) is 12.1 Å². The molecular formula is C33H40FN3O6. The van der Waals surface area contributed by atoms with Gasteiger partial charge in [0.1, 0.15) is 17.7 Å². The molecule has 0 aromatic heterocycles. The highest BCUT2D eigenvalue weighted by molar-refractivity contribution is 5.93. The third-order valence-electron chi connectivity index (χ3n) is 7.16. The molecule has 0 spiro atoms. The minimum Gasteiger partial charge on any atom is -0.454 e. The molecule has 0 heterocycles. The predicted octanol–water partition coefficient (Wildman–Crippen LogP) is 4.13. The average Bonchev–Trinajstić information content (AvgIpc) is 2.95. The number of carbonyl (C=O) groups excluding carboxylic acids is 3. The summed E-state index contributed by atoms with van der Waals surface area (Å²) in [6.07, 6.45) is 0.230. The van der Waals surface area contributed by atoms with Gasteiger partial charge >= 0.3 is 0 Å². The van der Waals surface area contributed by atoms with E-state index in [1.54, 1.807) is 58.0 Å². The topological polar surface area (TPSA) is 151 Å². The molecular weight excluding hydrogens is 553 g/mol. The van der Waals surface area contributed by atoms with E-state index >= 15 is 0 Å². The maximum atomic E-state index is 14.7. The van der Waals surface area contributed by atoms with Gasteiger partial charge in [0.15, 0.2) is 11.6 Å². The number of carbonyl (C=O) groups is 3. The van der Waals surface area contributed by atoms with Crippen molar-refractivity contribution in [2.24, 2.45) is 17.1 Å². The van der Waals surface area contributed by atoms with Gasteiger partial charge in [0, 0.05) is 0 Å². The Labute approximate surface area is 251 Å². The van der Waals surface area contributed by atoms with Crippen molar-refractivity contribution in [1.82, 2.24) is 10.6 Å². The van der Waals surface area contributed by atoms with Crippen LogP contribution in [0, 0.1) is 17.2 Å². The van der Waals surface area contributed by atoms with Crippen LogP contribution < -0.4 is 21.1 Å². The monoisotopic (exact) mass is 593 g/mol. The van der Waals surface area contributed by atoms with E-state index in [0.29, 0.717) is 11.3 Å². The molecule has 3 aromatic carbocycles. The number of aliphatic hydroxyl groups is 2. The quantitative estimate of drug-likeness (QED) is 0.188. The number of benzene rings is 3. The van der Waals surface area contributed by atoms with E-state index in [-0.39, 0.29) is 31.1 Å². The highest BCUT2D eigenvalue weighted by Crippen LogP contribution is 2.28. The molecule has 0 bridgehead atoms. The van der Waals surface area contributed by atoms with Crippen molar-refractivity contribution < 1.29 is 33.7 Å². The number of nitrogens with one attached hydrogen (secondary N) is 2. The lowest BCUT2D eigenvalue weighted by atomic mass is 9.84. The van der Waals surface area contributed by atoms with Crippen LogP contribution in [-0.2, 0) is 20.8 Å². The highest BCUT2D eigenvalue weighted by atomic mass is 19.1. The zero-order valence-corrected chi connectivity index (χ0v) is 24.8. The number of aryl methyl sites for hydroxylation is 1. The standard InChI is InChI=1S/C33H40FN3O6/c1-21(23-13-7-5-8-14-23)36-30(39)28(32(2,3)4)37-29(38)25(33(41,42)31(35)40)17-11-12-22-18-19-27(26(34)20-22)43-24-15-9-6-10-16-24/h5-10,13-16,18-21,25,28,41-42H,11-12,17H2,1-4H3,(H2,35,40)(H,36,39)(H,37,38)/t21-,25+,28-/m1/s1. The number of hydrogen-bond acceptors (Lipinski definition) is 6. The van der Waals surface area contributed by atoms with Crippen molar-refractivity contribution >= 4 is 17.7 Å². The number of ether oxygens (including phenoxy) is 1. The Morgan fingerprint density at radius 1 is 0.907 bits per heavy atom. The number of nitrogens with two attached hydrogens (primary N) is 1. The second-order valence-electron chi connectivity index (χ2n) is 11.7. The van der Waals surface area contributed by atoms with Crippen molar-refractivity contribution in [3.8, 4) is 11.5 Å². The molecule has 230 valence electrons. The number of amides is 3. The first-order chi connectivity index (χ1) is 20.2. The molecule has 0 unspecified atom stereocenters. The van der Waals surface area contributed by atoms with Gasteiger partial charge in [-0.1, -0.05) is 75.4 Å². The number of halogens is 1. The molecule has 43 heavy (non-hydrogen) atoms. The van der Waals surface area contributed by atoms with Crippen LogP contribution in [0.2, 0.25) is 0 Å². The lowest BCUT2D eigenvalue weighted by molar-refractivity contribution is -0.205. The first kappa shape index (κ1) is 33.2. The van der Waals surface area contributed by atoms with Crippen LogP contribution in [0.4, 0.5) is 4.39 Å². The van der Waals surface area contributed by atoms with E-state index in [0.717, 1.165) is 5.56 Å².